The Morgan fingerprint density at radius 2 is 1.94 bits per heavy atom. The second-order valence-electron chi connectivity index (χ2n) is 8.51. The van der Waals surface area contributed by atoms with Gasteiger partial charge in [-0.15, -0.1) is 0 Å². The largest absolute Gasteiger partial charge is 0.481 e. The van der Waals surface area contributed by atoms with Crippen LogP contribution in [0.5, 0.6) is 0 Å². The van der Waals surface area contributed by atoms with Crippen LogP contribution in [-0.4, -0.2) is 30.3 Å². The van der Waals surface area contributed by atoms with Gasteiger partial charge in [-0.2, -0.15) is 13.2 Å². The number of alkyl halides is 3. The lowest BCUT2D eigenvalue weighted by molar-refractivity contribution is -0.188. The number of hydrogen-bond donors (Lipinski definition) is 2. The predicted octanol–water partition coefficient (Wildman–Crippen LogP) is 6.34. The Morgan fingerprint density at radius 3 is 2.42 bits per heavy atom. The monoisotopic (exact) mass is 505 g/mol. The van der Waals surface area contributed by atoms with E-state index in [1.54, 1.807) is 12.1 Å². The fourth-order valence-electron chi connectivity index (χ4n) is 4.29. The number of anilines is 1. The van der Waals surface area contributed by atoms with E-state index in [2.05, 4.69) is 5.32 Å². The van der Waals surface area contributed by atoms with Crippen molar-refractivity contribution in [2.24, 2.45) is 23.2 Å². The van der Waals surface area contributed by atoms with E-state index in [1.807, 2.05) is 0 Å². The van der Waals surface area contributed by atoms with Crippen LogP contribution in [0.25, 0.3) is 0 Å². The quantitative estimate of drug-likeness (QED) is 0.431. The van der Waals surface area contributed by atoms with Crippen molar-refractivity contribution in [3.05, 3.63) is 52.0 Å². The summed E-state index contributed by atoms with van der Waals surface area (Å²) in [7, 11) is 1.38. The van der Waals surface area contributed by atoms with Gasteiger partial charge in [0.2, 0.25) is 5.91 Å². The van der Waals surface area contributed by atoms with Crippen LogP contribution in [-0.2, 0) is 14.3 Å². The molecule has 0 aliphatic heterocycles. The van der Waals surface area contributed by atoms with Crippen LogP contribution in [0.2, 0.25) is 5.02 Å². The van der Waals surface area contributed by atoms with E-state index in [9.17, 15) is 27.9 Å². The van der Waals surface area contributed by atoms with Crippen LogP contribution in [0.15, 0.2) is 41.5 Å². The van der Waals surface area contributed by atoms with Gasteiger partial charge in [0.25, 0.3) is 0 Å². The average molecular weight is 506 g/mol. The van der Waals surface area contributed by atoms with Crippen molar-refractivity contribution >= 4 is 40.8 Å². The van der Waals surface area contributed by atoms with E-state index in [0.29, 0.717) is 23.4 Å². The number of halogens is 5. The van der Waals surface area contributed by atoms with E-state index in [0.717, 1.165) is 6.92 Å². The van der Waals surface area contributed by atoms with Crippen LogP contribution in [0.1, 0.15) is 37.9 Å². The first-order valence-electron chi connectivity index (χ1n) is 10.4. The van der Waals surface area contributed by atoms with Crippen molar-refractivity contribution in [1.82, 2.24) is 0 Å². The molecule has 1 aromatic carbocycles. The number of carboxylic acid groups (broad SMARTS) is 1. The van der Waals surface area contributed by atoms with Gasteiger partial charge >= 0.3 is 12.1 Å². The molecule has 0 spiro atoms. The van der Waals surface area contributed by atoms with Gasteiger partial charge in [0, 0.05) is 12.1 Å². The van der Waals surface area contributed by atoms with Crippen molar-refractivity contribution < 1.29 is 32.6 Å². The SMILES string of the molecule is COC(c1ccc(Cl)c(NC(=O)[C@H](C2C=CC(Cl)=CC2)[C@@H](C)C(F)(F)F)c1)C1(C(=O)O)CC1. The van der Waals surface area contributed by atoms with Crippen LogP contribution < -0.4 is 5.32 Å². The molecule has 2 unspecified atom stereocenters. The zero-order chi connectivity index (χ0) is 24.6. The Morgan fingerprint density at radius 1 is 1.27 bits per heavy atom. The van der Waals surface area contributed by atoms with Gasteiger partial charge in [0.1, 0.15) is 0 Å². The first kappa shape index (κ1) is 25.6. The van der Waals surface area contributed by atoms with Gasteiger partial charge in [0.05, 0.1) is 34.1 Å². The molecule has 0 radical (unpaired) electrons. The van der Waals surface area contributed by atoms with Crippen LogP contribution >= 0.6 is 23.2 Å². The molecule has 2 aliphatic rings. The topological polar surface area (TPSA) is 75.6 Å². The lowest BCUT2D eigenvalue weighted by atomic mass is 9.78. The molecule has 1 aromatic rings. The van der Waals surface area contributed by atoms with E-state index < -0.39 is 47.3 Å². The molecule has 0 aromatic heterocycles. The van der Waals surface area contributed by atoms with Gasteiger partial charge < -0.3 is 15.2 Å². The summed E-state index contributed by atoms with van der Waals surface area (Å²) in [6.07, 6.45) is 0.242. The summed E-state index contributed by atoms with van der Waals surface area (Å²) in [6.45, 7) is 0.973. The molecule has 5 nitrogen and oxygen atoms in total. The number of rotatable bonds is 8. The fourth-order valence-corrected chi connectivity index (χ4v) is 4.62. The third-order valence-corrected chi connectivity index (χ3v) is 7.02. The summed E-state index contributed by atoms with van der Waals surface area (Å²) in [5, 5.41) is 12.7. The summed E-state index contributed by atoms with van der Waals surface area (Å²) in [4.78, 5) is 24.9. The first-order valence-corrected chi connectivity index (χ1v) is 11.1. The molecule has 0 heterocycles. The number of carbonyl (C=O) groups excluding carboxylic acids is 1. The molecule has 2 N–H and O–H groups in total. The zero-order valence-corrected chi connectivity index (χ0v) is 19.5. The maximum Gasteiger partial charge on any atom is 0.392 e. The van der Waals surface area contributed by atoms with Gasteiger partial charge in [-0.1, -0.05) is 48.3 Å². The maximum absolute atomic E-state index is 13.6. The summed E-state index contributed by atoms with van der Waals surface area (Å²) < 4.78 is 46.2. The van der Waals surface area contributed by atoms with E-state index >= 15 is 0 Å². The number of hydrogen-bond acceptors (Lipinski definition) is 3. The number of benzene rings is 1. The molecule has 1 saturated carbocycles. The van der Waals surface area contributed by atoms with E-state index in [-0.39, 0.29) is 17.1 Å². The highest BCUT2D eigenvalue weighted by molar-refractivity contribution is 6.33. The predicted molar refractivity (Wildman–Crippen MR) is 119 cm³/mol. The molecule has 0 saturated heterocycles. The summed E-state index contributed by atoms with van der Waals surface area (Å²) in [5.41, 5.74) is -0.518. The highest BCUT2D eigenvalue weighted by Crippen LogP contribution is 2.57. The third-order valence-electron chi connectivity index (χ3n) is 6.41. The first-order chi connectivity index (χ1) is 15.4. The standard InChI is InChI=1S/C23H24Cl2F3NO4/c1-12(23(26,27)28)18(13-3-6-15(24)7-4-13)20(30)29-17-11-14(5-8-16(17)25)19(33-2)22(9-10-22)21(31)32/h3,5-8,11-13,18-19H,4,9-10H2,1-2H3,(H,29,30)(H,31,32)/t12-,13?,18+,19?/m1/s1. The van der Waals surface area contributed by atoms with Crippen molar-refractivity contribution in [3.63, 3.8) is 0 Å². The smallest absolute Gasteiger partial charge is 0.392 e. The van der Waals surface area contributed by atoms with Crippen molar-refractivity contribution in [3.8, 4) is 0 Å². The lowest BCUT2D eigenvalue weighted by Crippen LogP contribution is -2.40. The van der Waals surface area contributed by atoms with Gasteiger partial charge in [-0.25, -0.2) is 0 Å². The number of methoxy groups -OCH3 is 1. The molecule has 4 atom stereocenters. The minimum Gasteiger partial charge on any atom is -0.481 e. The summed E-state index contributed by atoms with van der Waals surface area (Å²) >= 11 is 12.1. The second kappa shape index (κ2) is 9.68. The number of amides is 1. The minimum absolute atomic E-state index is 0.0927. The Balaban J connectivity index is 1.90. The minimum atomic E-state index is -4.59. The van der Waals surface area contributed by atoms with Crippen molar-refractivity contribution in [2.75, 3.05) is 12.4 Å². The molecule has 33 heavy (non-hydrogen) atoms. The number of aliphatic carboxylic acids is 1. The highest BCUT2D eigenvalue weighted by Gasteiger charge is 2.57. The van der Waals surface area contributed by atoms with Crippen molar-refractivity contribution in [1.29, 1.82) is 0 Å². The lowest BCUT2D eigenvalue weighted by Gasteiger charge is -2.31. The van der Waals surface area contributed by atoms with Gasteiger partial charge in [-0.3, -0.25) is 9.59 Å². The Kier molecular flexibility index (Phi) is 7.51. The van der Waals surface area contributed by atoms with Crippen LogP contribution in [0, 0.1) is 23.2 Å². The maximum atomic E-state index is 13.6. The Hall–Kier alpha value is -2.03. The van der Waals surface area contributed by atoms with Gasteiger partial charge in [-0.05, 0) is 49.0 Å². The molecule has 1 fully saturated rings. The number of ether oxygens (including phenoxy) is 1. The molecule has 10 heteroatoms. The second-order valence-corrected chi connectivity index (χ2v) is 9.35. The average Bonchev–Trinajstić information content (AvgIpc) is 3.53. The molecule has 0 bridgehead atoms. The Bertz CT molecular complexity index is 988. The highest BCUT2D eigenvalue weighted by atomic mass is 35.5. The molecule has 3 rings (SSSR count). The summed E-state index contributed by atoms with van der Waals surface area (Å²) in [5.74, 6) is -5.89. The number of carboxylic acids is 1. The molecule has 180 valence electrons. The van der Waals surface area contributed by atoms with E-state index in [4.69, 9.17) is 27.9 Å². The van der Waals surface area contributed by atoms with Gasteiger partial charge in [0.15, 0.2) is 0 Å². The fraction of sp³-hybridized carbons (Fsp3) is 0.478. The molecular weight excluding hydrogens is 482 g/mol. The van der Waals surface area contributed by atoms with Crippen molar-refractivity contribution in [2.45, 2.75) is 38.5 Å². The molecule has 2 aliphatic carbocycles. The molecule has 1 amide bonds. The normalized spacial score (nSPS) is 22.2. The van der Waals surface area contributed by atoms with Crippen LogP contribution in [0.3, 0.4) is 0 Å². The van der Waals surface area contributed by atoms with E-state index in [1.165, 1.54) is 31.4 Å². The number of carbonyl (C=O) groups is 2. The molecular formula is C23H24Cl2F3NO4. The third kappa shape index (κ3) is 5.39. The zero-order valence-electron chi connectivity index (χ0n) is 18.0. The number of nitrogens with one attached hydrogen (secondary N) is 1. The van der Waals surface area contributed by atoms with Crippen LogP contribution in [0.4, 0.5) is 18.9 Å². The summed E-state index contributed by atoms with van der Waals surface area (Å²) in [6, 6.07) is 4.50. The number of allylic oxidation sites excluding steroid dienone is 4. The Labute approximate surface area is 199 Å².